The molecule has 2 aliphatic rings. The molecular formula is C23H37N3O4S. The van der Waals surface area contributed by atoms with Crippen LogP contribution < -0.4 is 10.1 Å². The van der Waals surface area contributed by atoms with Crippen LogP contribution in [0.3, 0.4) is 0 Å². The number of carbonyl (C=O) groups is 1. The molecule has 1 aromatic carbocycles. The molecular weight excluding hydrogens is 414 g/mol. The van der Waals surface area contributed by atoms with Gasteiger partial charge in [0.2, 0.25) is 10.0 Å². The Hall–Kier alpha value is -1.64. The van der Waals surface area contributed by atoms with Crippen molar-refractivity contribution in [1.29, 1.82) is 0 Å². The minimum Gasteiger partial charge on any atom is -0.495 e. The fraction of sp³-hybridized carbons (Fsp3) is 0.696. The first-order chi connectivity index (χ1) is 14.9. The van der Waals surface area contributed by atoms with Gasteiger partial charge in [-0.05, 0) is 76.9 Å². The van der Waals surface area contributed by atoms with Crippen molar-refractivity contribution in [1.82, 2.24) is 14.5 Å². The normalized spacial score (nSPS) is 21.4. The summed E-state index contributed by atoms with van der Waals surface area (Å²) in [6, 6.07) is 4.61. The van der Waals surface area contributed by atoms with E-state index in [4.69, 9.17) is 4.74 Å². The van der Waals surface area contributed by atoms with Gasteiger partial charge in [0.15, 0.2) is 0 Å². The van der Waals surface area contributed by atoms with Gasteiger partial charge in [0.25, 0.3) is 5.91 Å². The summed E-state index contributed by atoms with van der Waals surface area (Å²) in [6.45, 7) is 6.27. The summed E-state index contributed by atoms with van der Waals surface area (Å²) in [5, 5.41) is 2.94. The zero-order valence-electron chi connectivity index (χ0n) is 18.9. The second kappa shape index (κ2) is 11.3. The highest BCUT2D eigenvalue weighted by molar-refractivity contribution is 7.89. The van der Waals surface area contributed by atoms with E-state index in [1.165, 1.54) is 43.2 Å². The first-order valence-electron chi connectivity index (χ1n) is 11.6. The Balaban J connectivity index is 1.64. The summed E-state index contributed by atoms with van der Waals surface area (Å²) in [6.07, 6.45) is 8.75. The Kier molecular flexibility index (Phi) is 8.75. The number of hydrogen-bond acceptors (Lipinski definition) is 5. The van der Waals surface area contributed by atoms with Crippen LogP contribution in [-0.4, -0.2) is 69.4 Å². The first kappa shape index (κ1) is 24.0. The Morgan fingerprint density at radius 2 is 1.81 bits per heavy atom. The molecule has 1 N–H and O–H groups in total. The minimum absolute atomic E-state index is 0.0556. The van der Waals surface area contributed by atoms with Crippen LogP contribution in [0.4, 0.5) is 0 Å². The van der Waals surface area contributed by atoms with Crippen LogP contribution in [0.15, 0.2) is 23.1 Å². The van der Waals surface area contributed by atoms with Crippen molar-refractivity contribution in [2.24, 2.45) is 0 Å². The lowest BCUT2D eigenvalue weighted by molar-refractivity contribution is 0.0951. The molecule has 2 heterocycles. The molecule has 174 valence electrons. The molecule has 0 saturated carbocycles. The van der Waals surface area contributed by atoms with Gasteiger partial charge in [-0.1, -0.05) is 19.3 Å². The molecule has 0 radical (unpaired) electrons. The van der Waals surface area contributed by atoms with Crippen LogP contribution in [0.25, 0.3) is 0 Å². The maximum atomic E-state index is 13.3. The van der Waals surface area contributed by atoms with Crippen LogP contribution in [0, 0.1) is 0 Å². The molecule has 2 fully saturated rings. The highest BCUT2D eigenvalue weighted by Gasteiger charge is 2.33. The molecule has 1 unspecified atom stereocenters. The van der Waals surface area contributed by atoms with Gasteiger partial charge in [0.05, 0.1) is 7.11 Å². The SMILES string of the molecule is COc1ccc(C(=O)NCCCN2CCCCCC2)cc1S(=O)(=O)N1CCCCC1C. The predicted octanol–water partition coefficient (Wildman–Crippen LogP) is 3.25. The van der Waals surface area contributed by atoms with E-state index in [1.54, 1.807) is 12.1 Å². The van der Waals surface area contributed by atoms with E-state index >= 15 is 0 Å². The predicted molar refractivity (Wildman–Crippen MR) is 122 cm³/mol. The maximum absolute atomic E-state index is 13.3. The van der Waals surface area contributed by atoms with E-state index in [2.05, 4.69) is 10.2 Å². The molecule has 7 nitrogen and oxygen atoms in total. The number of rotatable bonds is 8. The van der Waals surface area contributed by atoms with Crippen molar-refractivity contribution in [2.45, 2.75) is 69.2 Å². The van der Waals surface area contributed by atoms with E-state index in [0.717, 1.165) is 45.3 Å². The van der Waals surface area contributed by atoms with Gasteiger partial charge in [0.1, 0.15) is 10.6 Å². The van der Waals surface area contributed by atoms with Crippen LogP contribution in [0.5, 0.6) is 5.75 Å². The third kappa shape index (κ3) is 6.20. The van der Waals surface area contributed by atoms with Crippen molar-refractivity contribution in [3.05, 3.63) is 23.8 Å². The molecule has 0 spiro atoms. The van der Waals surface area contributed by atoms with E-state index in [-0.39, 0.29) is 22.6 Å². The second-order valence-corrected chi connectivity index (χ2v) is 10.6. The number of hydrogen-bond donors (Lipinski definition) is 1. The topological polar surface area (TPSA) is 79.0 Å². The van der Waals surface area contributed by atoms with E-state index in [1.807, 2.05) is 6.92 Å². The smallest absolute Gasteiger partial charge is 0.251 e. The molecule has 31 heavy (non-hydrogen) atoms. The van der Waals surface area contributed by atoms with E-state index in [0.29, 0.717) is 18.7 Å². The number of nitrogens with one attached hydrogen (secondary N) is 1. The lowest BCUT2D eigenvalue weighted by atomic mass is 10.1. The van der Waals surface area contributed by atoms with Crippen LogP contribution in [0.1, 0.15) is 68.6 Å². The molecule has 0 aliphatic carbocycles. The highest BCUT2D eigenvalue weighted by atomic mass is 32.2. The average molecular weight is 452 g/mol. The first-order valence-corrected chi connectivity index (χ1v) is 13.1. The number of methoxy groups -OCH3 is 1. The number of piperidine rings is 1. The van der Waals surface area contributed by atoms with Gasteiger partial charge < -0.3 is 15.0 Å². The lowest BCUT2D eigenvalue weighted by Crippen LogP contribution is -2.42. The summed E-state index contributed by atoms with van der Waals surface area (Å²) >= 11 is 0. The van der Waals surface area contributed by atoms with Gasteiger partial charge in [0, 0.05) is 24.7 Å². The van der Waals surface area contributed by atoms with Gasteiger partial charge >= 0.3 is 0 Å². The van der Waals surface area contributed by atoms with Crippen molar-refractivity contribution in [2.75, 3.05) is 39.8 Å². The van der Waals surface area contributed by atoms with Crippen molar-refractivity contribution in [3.63, 3.8) is 0 Å². The number of amides is 1. The molecule has 1 amide bonds. The number of ether oxygens (including phenoxy) is 1. The Bertz CT molecular complexity index is 835. The van der Waals surface area contributed by atoms with Gasteiger partial charge in [-0.15, -0.1) is 0 Å². The number of nitrogens with zero attached hydrogens (tertiary/aromatic N) is 2. The summed E-state index contributed by atoms with van der Waals surface area (Å²) in [7, 11) is -2.28. The Morgan fingerprint density at radius 3 is 2.48 bits per heavy atom. The molecule has 0 bridgehead atoms. The third-order valence-electron chi connectivity index (χ3n) is 6.39. The molecule has 1 atom stereocenters. The van der Waals surface area contributed by atoms with E-state index in [9.17, 15) is 13.2 Å². The van der Waals surface area contributed by atoms with Crippen molar-refractivity contribution in [3.8, 4) is 5.75 Å². The summed E-state index contributed by atoms with van der Waals surface area (Å²) in [5.74, 6) is 0.0251. The zero-order chi connectivity index (χ0) is 22.3. The van der Waals surface area contributed by atoms with Gasteiger partial charge in [-0.2, -0.15) is 4.31 Å². The number of carbonyl (C=O) groups excluding carboxylic acids is 1. The zero-order valence-corrected chi connectivity index (χ0v) is 19.8. The van der Waals surface area contributed by atoms with Crippen LogP contribution in [0.2, 0.25) is 0 Å². The number of sulfonamides is 1. The van der Waals surface area contributed by atoms with Crippen molar-refractivity contribution < 1.29 is 17.9 Å². The van der Waals surface area contributed by atoms with E-state index < -0.39 is 10.0 Å². The van der Waals surface area contributed by atoms with Crippen LogP contribution in [-0.2, 0) is 10.0 Å². The van der Waals surface area contributed by atoms with Gasteiger partial charge in [-0.25, -0.2) is 8.42 Å². The van der Waals surface area contributed by atoms with Gasteiger partial charge in [-0.3, -0.25) is 4.79 Å². The number of likely N-dealkylation sites (tertiary alicyclic amines) is 1. The second-order valence-electron chi connectivity index (χ2n) is 8.69. The summed E-state index contributed by atoms with van der Waals surface area (Å²) in [4.78, 5) is 15.2. The Labute approximate surface area is 187 Å². The molecule has 1 aromatic rings. The third-order valence-corrected chi connectivity index (χ3v) is 8.42. The minimum atomic E-state index is -3.73. The molecule has 0 aromatic heterocycles. The standard InChI is InChI=1S/C23H37N3O4S/c1-19-10-5-8-17-26(19)31(28,29)22-18-20(11-12-21(22)30-2)23(27)24-13-9-16-25-14-6-3-4-7-15-25/h11-12,18-19H,3-10,13-17H2,1-2H3,(H,24,27). The molecule has 2 aliphatic heterocycles. The molecule has 8 heteroatoms. The highest BCUT2D eigenvalue weighted by Crippen LogP contribution is 2.31. The quantitative estimate of drug-likeness (QED) is 0.614. The average Bonchev–Trinajstić information content (AvgIpc) is 3.05. The van der Waals surface area contributed by atoms with Crippen LogP contribution >= 0.6 is 0 Å². The van der Waals surface area contributed by atoms with Crippen molar-refractivity contribution >= 4 is 15.9 Å². The maximum Gasteiger partial charge on any atom is 0.251 e. The summed E-state index contributed by atoms with van der Waals surface area (Å²) in [5.41, 5.74) is 0.346. The monoisotopic (exact) mass is 451 g/mol. The fourth-order valence-corrected chi connectivity index (χ4v) is 6.42. The lowest BCUT2D eigenvalue weighted by Gasteiger charge is -2.32. The summed E-state index contributed by atoms with van der Waals surface area (Å²) < 4.78 is 33.5. The fourth-order valence-electron chi connectivity index (χ4n) is 4.54. The Morgan fingerprint density at radius 1 is 1.10 bits per heavy atom. The molecule has 2 saturated heterocycles. The number of benzene rings is 1. The molecule has 3 rings (SSSR count). The largest absolute Gasteiger partial charge is 0.495 e.